The number of benzene rings is 1. The molecule has 5 nitrogen and oxygen atoms in total. The summed E-state index contributed by atoms with van der Waals surface area (Å²) < 4.78 is 11.6. The molecule has 0 saturated carbocycles. The Morgan fingerprint density at radius 1 is 1.31 bits per heavy atom. The molecule has 0 aliphatic carbocycles. The van der Waals surface area contributed by atoms with E-state index in [1.165, 1.54) is 0 Å². The van der Waals surface area contributed by atoms with Crippen LogP contribution in [0.5, 0.6) is 0 Å². The van der Waals surface area contributed by atoms with Gasteiger partial charge in [-0.2, -0.15) is 0 Å². The van der Waals surface area contributed by atoms with Gasteiger partial charge in [0.15, 0.2) is 0 Å². The molecule has 0 amide bonds. The normalized spacial score (nSPS) is 17.9. The summed E-state index contributed by atoms with van der Waals surface area (Å²) in [5.74, 6) is 0.476. The SMILES string of the molecule is CC(C)=CC(CC(C)C)c1ccc(B2OCC(C)(C)CO2)cc1[N+](=O)[O-]. The fraction of sp³-hybridized carbons (Fsp3) is 0.600. The molecule has 26 heavy (non-hydrogen) atoms. The Bertz CT molecular complexity index is 670. The van der Waals surface area contributed by atoms with Crippen molar-refractivity contribution >= 4 is 18.3 Å². The number of nitro benzene ring substituents is 1. The maximum atomic E-state index is 11.7. The molecule has 1 fully saturated rings. The van der Waals surface area contributed by atoms with Crippen LogP contribution in [0.15, 0.2) is 29.8 Å². The van der Waals surface area contributed by atoms with E-state index in [1.807, 2.05) is 26.0 Å². The van der Waals surface area contributed by atoms with Gasteiger partial charge in [-0.3, -0.25) is 10.1 Å². The topological polar surface area (TPSA) is 61.6 Å². The highest BCUT2D eigenvalue weighted by Crippen LogP contribution is 2.33. The van der Waals surface area contributed by atoms with E-state index in [4.69, 9.17) is 9.31 Å². The molecule has 0 radical (unpaired) electrons. The van der Waals surface area contributed by atoms with Crippen LogP contribution < -0.4 is 5.46 Å². The monoisotopic (exact) mass is 359 g/mol. The number of allylic oxidation sites excluding steroid dienone is 2. The van der Waals surface area contributed by atoms with Crippen LogP contribution in [-0.2, 0) is 9.31 Å². The first-order chi connectivity index (χ1) is 12.1. The molecular weight excluding hydrogens is 329 g/mol. The Hall–Kier alpha value is -1.66. The summed E-state index contributed by atoms with van der Waals surface area (Å²) in [6.45, 7) is 13.6. The summed E-state index contributed by atoms with van der Waals surface area (Å²) in [5, 5.41) is 11.7. The van der Waals surface area contributed by atoms with Crippen molar-refractivity contribution in [3.8, 4) is 0 Å². The molecular formula is C20H30BNO4. The molecule has 1 aliphatic rings. The number of rotatable bonds is 6. The van der Waals surface area contributed by atoms with Gasteiger partial charge in [0, 0.05) is 36.2 Å². The minimum absolute atomic E-state index is 0.0292. The van der Waals surface area contributed by atoms with E-state index in [-0.39, 0.29) is 21.9 Å². The van der Waals surface area contributed by atoms with Gasteiger partial charge in [0.1, 0.15) is 0 Å². The lowest BCUT2D eigenvalue weighted by Gasteiger charge is -2.33. The van der Waals surface area contributed by atoms with Crippen molar-refractivity contribution in [3.05, 3.63) is 45.5 Å². The van der Waals surface area contributed by atoms with Crippen LogP contribution in [0.25, 0.3) is 0 Å². The van der Waals surface area contributed by atoms with Crippen LogP contribution in [0.4, 0.5) is 5.69 Å². The van der Waals surface area contributed by atoms with Crippen molar-refractivity contribution in [3.63, 3.8) is 0 Å². The Morgan fingerprint density at radius 3 is 2.42 bits per heavy atom. The zero-order valence-corrected chi connectivity index (χ0v) is 16.7. The van der Waals surface area contributed by atoms with E-state index in [0.29, 0.717) is 24.6 Å². The molecule has 1 aromatic rings. The Morgan fingerprint density at radius 2 is 1.92 bits per heavy atom. The zero-order chi connectivity index (χ0) is 19.5. The molecule has 1 unspecified atom stereocenters. The average molecular weight is 359 g/mol. The molecule has 1 aliphatic heterocycles. The van der Waals surface area contributed by atoms with Crippen molar-refractivity contribution in [2.24, 2.45) is 11.3 Å². The predicted molar refractivity (Wildman–Crippen MR) is 106 cm³/mol. The summed E-state index contributed by atoms with van der Waals surface area (Å²) >= 11 is 0. The lowest BCUT2D eigenvalue weighted by molar-refractivity contribution is -0.385. The van der Waals surface area contributed by atoms with Gasteiger partial charge < -0.3 is 9.31 Å². The highest BCUT2D eigenvalue weighted by Gasteiger charge is 2.35. The molecule has 1 saturated heterocycles. The van der Waals surface area contributed by atoms with Crippen LogP contribution >= 0.6 is 0 Å². The van der Waals surface area contributed by atoms with Crippen molar-refractivity contribution in [2.45, 2.75) is 53.9 Å². The van der Waals surface area contributed by atoms with Crippen LogP contribution in [0.1, 0.15) is 59.4 Å². The Balaban J connectivity index is 2.36. The van der Waals surface area contributed by atoms with E-state index in [2.05, 4.69) is 33.8 Å². The third-order valence-electron chi connectivity index (χ3n) is 4.43. The highest BCUT2D eigenvalue weighted by molar-refractivity contribution is 6.61. The van der Waals surface area contributed by atoms with Crippen molar-refractivity contribution in [1.29, 1.82) is 0 Å². The fourth-order valence-corrected chi connectivity index (χ4v) is 3.26. The average Bonchev–Trinajstić information content (AvgIpc) is 2.52. The summed E-state index contributed by atoms with van der Waals surface area (Å²) in [7, 11) is -0.539. The number of hydrogen-bond donors (Lipinski definition) is 0. The van der Waals surface area contributed by atoms with E-state index in [9.17, 15) is 10.1 Å². The molecule has 0 N–H and O–H groups in total. The van der Waals surface area contributed by atoms with E-state index in [0.717, 1.165) is 17.6 Å². The lowest BCUT2D eigenvalue weighted by Crippen LogP contribution is -2.47. The van der Waals surface area contributed by atoms with Gasteiger partial charge in [-0.1, -0.05) is 51.5 Å². The largest absolute Gasteiger partial charge is 0.494 e. The number of nitrogens with zero attached hydrogens (tertiary/aromatic N) is 1. The molecule has 0 bridgehead atoms. The molecule has 1 aromatic carbocycles. The molecule has 0 aromatic heterocycles. The fourth-order valence-electron chi connectivity index (χ4n) is 3.26. The third-order valence-corrected chi connectivity index (χ3v) is 4.43. The summed E-state index contributed by atoms with van der Waals surface area (Å²) in [4.78, 5) is 11.4. The molecule has 142 valence electrons. The third kappa shape index (κ3) is 5.42. The molecule has 6 heteroatoms. The van der Waals surface area contributed by atoms with Crippen molar-refractivity contribution in [1.82, 2.24) is 0 Å². The first kappa shape index (κ1) is 20.7. The Labute approximate surface area is 157 Å². The van der Waals surface area contributed by atoms with Gasteiger partial charge in [-0.25, -0.2) is 0 Å². The number of nitro groups is 1. The van der Waals surface area contributed by atoms with Gasteiger partial charge in [0.05, 0.1) is 4.92 Å². The van der Waals surface area contributed by atoms with Gasteiger partial charge >= 0.3 is 7.12 Å². The van der Waals surface area contributed by atoms with Crippen LogP contribution in [0, 0.1) is 21.4 Å². The quantitative estimate of drug-likeness (QED) is 0.326. The van der Waals surface area contributed by atoms with Gasteiger partial charge in [0.25, 0.3) is 5.69 Å². The second-order valence-corrected chi connectivity index (χ2v) is 8.67. The first-order valence-electron chi connectivity index (χ1n) is 9.25. The summed E-state index contributed by atoms with van der Waals surface area (Å²) in [6.07, 6.45) is 2.99. The second kappa shape index (κ2) is 8.36. The van der Waals surface area contributed by atoms with Gasteiger partial charge in [-0.05, 0) is 31.6 Å². The maximum absolute atomic E-state index is 11.7. The zero-order valence-electron chi connectivity index (χ0n) is 16.7. The van der Waals surface area contributed by atoms with E-state index >= 15 is 0 Å². The van der Waals surface area contributed by atoms with Crippen molar-refractivity contribution in [2.75, 3.05) is 13.2 Å². The smallest absolute Gasteiger partial charge is 0.407 e. The van der Waals surface area contributed by atoms with Crippen LogP contribution in [-0.4, -0.2) is 25.3 Å². The second-order valence-electron chi connectivity index (χ2n) is 8.67. The molecule has 2 rings (SSSR count). The van der Waals surface area contributed by atoms with Gasteiger partial charge in [-0.15, -0.1) is 0 Å². The standard InChI is InChI=1S/C20H30BNO4/c1-14(2)9-16(10-15(3)4)18-8-7-17(11-19(18)22(23)24)21-25-12-20(5,6)13-26-21/h7-9,11,15-16H,10,12-13H2,1-6H3. The van der Waals surface area contributed by atoms with Gasteiger partial charge in [0.2, 0.25) is 0 Å². The minimum Gasteiger partial charge on any atom is -0.407 e. The summed E-state index contributed by atoms with van der Waals surface area (Å²) in [6, 6.07) is 5.38. The van der Waals surface area contributed by atoms with Crippen LogP contribution in [0.2, 0.25) is 0 Å². The summed E-state index contributed by atoms with van der Waals surface area (Å²) in [5.41, 5.74) is 2.73. The lowest BCUT2D eigenvalue weighted by atomic mass is 9.74. The van der Waals surface area contributed by atoms with Crippen molar-refractivity contribution < 1.29 is 14.2 Å². The number of hydrogen-bond acceptors (Lipinski definition) is 4. The first-order valence-corrected chi connectivity index (χ1v) is 9.25. The molecule has 0 spiro atoms. The Kier molecular flexibility index (Phi) is 6.64. The van der Waals surface area contributed by atoms with Crippen LogP contribution in [0.3, 0.4) is 0 Å². The predicted octanol–water partition coefficient (Wildman–Crippen LogP) is 4.46. The minimum atomic E-state index is -0.539. The van der Waals surface area contributed by atoms with E-state index < -0.39 is 7.12 Å². The highest BCUT2D eigenvalue weighted by atomic mass is 16.6. The van der Waals surface area contributed by atoms with E-state index in [1.54, 1.807) is 6.07 Å². The maximum Gasteiger partial charge on any atom is 0.494 e. The molecule has 1 heterocycles. The molecule has 1 atom stereocenters.